The van der Waals surface area contributed by atoms with Crippen LogP contribution in [0, 0.1) is 0 Å². The summed E-state index contributed by atoms with van der Waals surface area (Å²) >= 11 is 0. The molecular formula is C25H29NO5. The molecule has 2 aliphatic rings. The third-order valence-electron chi connectivity index (χ3n) is 6.88. The molecule has 0 aliphatic heterocycles. The first kappa shape index (κ1) is 21.3. The number of carbonyl (C=O) groups is 3. The van der Waals surface area contributed by atoms with E-state index in [2.05, 4.69) is 5.32 Å². The molecule has 0 saturated heterocycles. The molecule has 0 radical (unpaired) electrons. The van der Waals surface area contributed by atoms with Crippen molar-refractivity contribution >= 4 is 28.6 Å². The van der Waals surface area contributed by atoms with Crippen molar-refractivity contribution in [2.75, 3.05) is 0 Å². The van der Waals surface area contributed by atoms with Gasteiger partial charge in [0.2, 0.25) is 0 Å². The Hall–Kier alpha value is -2.89. The van der Waals surface area contributed by atoms with Gasteiger partial charge in [0.25, 0.3) is 5.91 Å². The number of fused-ring (bicyclic) bond motifs is 1. The zero-order valence-corrected chi connectivity index (χ0v) is 17.7. The van der Waals surface area contributed by atoms with Gasteiger partial charge in [-0.25, -0.2) is 9.59 Å². The topological polar surface area (TPSA) is 104 Å². The third-order valence-corrected chi connectivity index (χ3v) is 6.88. The lowest BCUT2D eigenvalue weighted by molar-refractivity contribution is 0.0686. The van der Waals surface area contributed by atoms with E-state index in [0.717, 1.165) is 69.8 Å². The molecule has 0 unspecified atom stereocenters. The van der Waals surface area contributed by atoms with E-state index in [-0.39, 0.29) is 39.9 Å². The van der Waals surface area contributed by atoms with Gasteiger partial charge in [-0.1, -0.05) is 44.6 Å². The zero-order chi connectivity index (χ0) is 22.0. The Morgan fingerprint density at radius 3 is 1.81 bits per heavy atom. The van der Waals surface area contributed by atoms with Crippen LogP contribution >= 0.6 is 0 Å². The molecule has 6 heteroatoms. The number of carbonyl (C=O) groups excluding carboxylic acids is 1. The fraction of sp³-hybridized carbons (Fsp3) is 0.480. The minimum atomic E-state index is -1.16. The molecule has 2 aromatic rings. The lowest BCUT2D eigenvalue weighted by atomic mass is 9.79. The van der Waals surface area contributed by atoms with Gasteiger partial charge < -0.3 is 15.5 Å². The zero-order valence-electron chi connectivity index (χ0n) is 17.7. The van der Waals surface area contributed by atoms with Gasteiger partial charge in [-0.15, -0.1) is 0 Å². The van der Waals surface area contributed by atoms with E-state index in [4.69, 9.17) is 0 Å². The predicted octanol–water partition coefficient (Wildman–Crippen LogP) is 5.35. The number of carboxylic acid groups (broad SMARTS) is 2. The van der Waals surface area contributed by atoms with Crippen molar-refractivity contribution in [1.82, 2.24) is 5.32 Å². The highest BCUT2D eigenvalue weighted by molar-refractivity contribution is 6.19. The van der Waals surface area contributed by atoms with Crippen molar-refractivity contribution in [2.24, 2.45) is 0 Å². The molecule has 2 fully saturated rings. The first-order chi connectivity index (χ1) is 15.0. The van der Waals surface area contributed by atoms with Crippen molar-refractivity contribution < 1.29 is 24.6 Å². The van der Waals surface area contributed by atoms with Crippen LogP contribution in [0.5, 0.6) is 0 Å². The average molecular weight is 424 g/mol. The minimum absolute atomic E-state index is 0.0218. The average Bonchev–Trinajstić information content (AvgIpc) is 2.78. The van der Waals surface area contributed by atoms with Gasteiger partial charge in [0.05, 0.1) is 11.1 Å². The summed E-state index contributed by atoms with van der Waals surface area (Å²) in [5.74, 6) is -2.41. The first-order valence-electron chi connectivity index (χ1n) is 11.3. The Morgan fingerprint density at radius 2 is 1.19 bits per heavy atom. The third kappa shape index (κ3) is 4.29. The molecule has 164 valence electrons. The van der Waals surface area contributed by atoms with Gasteiger partial charge in [-0.2, -0.15) is 0 Å². The molecule has 0 aromatic heterocycles. The Morgan fingerprint density at radius 1 is 0.677 bits per heavy atom. The SMILES string of the molecule is O=C(O)c1ccc(C2CCCCC2)c2c(C(=O)O)ccc(C(=O)NC3CCCCC3)c12. The molecule has 2 aromatic carbocycles. The molecule has 0 heterocycles. The largest absolute Gasteiger partial charge is 0.478 e. The van der Waals surface area contributed by atoms with E-state index in [1.54, 1.807) is 6.07 Å². The summed E-state index contributed by atoms with van der Waals surface area (Å²) in [5, 5.41) is 23.5. The summed E-state index contributed by atoms with van der Waals surface area (Å²) in [6, 6.07) is 6.30. The Bertz CT molecular complexity index is 1020. The molecule has 31 heavy (non-hydrogen) atoms. The van der Waals surface area contributed by atoms with Crippen LogP contribution in [0.15, 0.2) is 24.3 Å². The van der Waals surface area contributed by atoms with Crippen molar-refractivity contribution in [1.29, 1.82) is 0 Å². The van der Waals surface area contributed by atoms with Crippen LogP contribution < -0.4 is 5.32 Å². The van der Waals surface area contributed by atoms with E-state index in [1.165, 1.54) is 18.2 Å². The Balaban J connectivity index is 1.90. The number of hydrogen-bond donors (Lipinski definition) is 3. The van der Waals surface area contributed by atoms with Gasteiger partial charge in [0, 0.05) is 22.4 Å². The fourth-order valence-corrected chi connectivity index (χ4v) is 5.33. The second-order valence-corrected chi connectivity index (χ2v) is 8.87. The van der Waals surface area contributed by atoms with Crippen molar-refractivity contribution in [2.45, 2.75) is 76.2 Å². The van der Waals surface area contributed by atoms with Gasteiger partial charge in [-0.05, 0) is 55.4 Å². The van der Waals surface area contributed by atoms with Crippen LogP contribution in [0.3, 0.4) is 0 Å². The molecule has 4 rings (SSSR count). The highest BCUT2D eigenvalue weighted by atomic mass is 16.4. The summed E-state index contributed by atoms with van der Waals surface area (Å²) < 4.78 is 0. The Labute approximate surface area is 181 Å². The van der Waals surface area contributed by atoms with Gasteiger partial charge in [0.1, 0.15) is 0 Å². The normalized spacial score (nSPS) is 18.1. The van der Waals surface area contributed by atoms with E-state index < -0.39 is 11.9 Å². The molecule has 0 bridgehead atoms. The molecule has 2 saturated carbocycles. The number of aromatic carboxylic acids is 2. The molecule has 3 N–H and O–H groups in total. The van der Waals surface area contributed by atoms with Crippen LogP contribution in [0.2, 0.25) is 0 Å². The van der Waals surface area contributed by atoms with Crippen molar-refractivity contribution in [3.05, 3.63) is 46.5 Å². The Kier molecular flexibility index (Phi) is 6.25. The lowest BCUT2D eigenvalue weighted by Gasteiger charge is -2.26. The van der Waals surface area contributed by atoms with Crippen LogP contribution in [-0.2, 0) is 0 Å². The second kappa shape index (κ2) is 9.08. The first-order valence-corrected chi connectivity index (χ1v) is 11.3. The molecule has 6 nitrogen and oxygen atoms in total. The highest BCUT2D eigenvalue weighted by Gasteiger charge is 2.27. The maximum atomic E-state index is 13.2. The van der Waals surface area contributed by atoms with Gasteiger partial charge >= 0.3 is 11.9 Å². The molecule has 2 aliphatic carbocycles. The number of rotatable bonds is 5. The summed E-state index contributed by atoms with van der Waals surface area (Å²) in [6.07, 6.45) is 10.3. The lowest BCUT2D eigenvalue weighted by Crippen LogP contribution is -2.36. The summed E-state index contributed by atoms with van der Waals surface area (Å²) in [5.41, 5.74) is 1.14. The summed E-state index contributed by atoms with van der Waals surface area (Å²) in [7, 11) is 0. The minimum Gasteiger partial charge on any atom is -0.478 e. The number of nitrogens with one attached hydrogen (secondary N) is 1. The van der Waals surface area contributed by atoms with Crippen molar-refractivity contribution in [3.63, 3.8) is 0 Å². The number of amides is 1. The molecule has 0 atom stereocenters. The summed E-state index contributed by atoms with van der Waals surface area (Å²) in [4.78, 5) is 37.4. The fourth-order valence-electron chi connectivity index (χ4n) is 5.33. The van der Waals surface area contributed by atoms with Crippen molar-refractivity contribution in [3.8, 4) is 0 Å². The second-order valence-electron chi connectivity index (χ2n) is 8.87. The number of carboxylic acids is 2. The number of hydrogen-bond acceptors (Lipinski definition) is 3. The molecular weight excluding hydrogens is 394 g/mol. The van der Waals surface area contributed by atoms with Gasteiger partial charge in [-0.3, -0.25) is 4.79 Å². The van der Waals surface area contributed by atoms with Gasteiger partial charge in [0.15, 0.2) is 0 Å². The summed E-state index contributed by atoms with van der Waals surface area (Å²) in [6.45, 7) is 0. The van der Waals surface area contributed by atoms with E-state index in [0.29, 0.717) is 5.39 Å². The van der Waals surface area contributed by atoms with Crippen LogP contribution in [-0.4, -0.2) is 34.1 Å². The van der Waals surface area contributed by atoms with E-state index in [1.807, 2.05) is 0 Å². The quantitative estimate of drug-likeness (QED) is 0.602. The van der Waals surface area contributed by atoms with E-state index in [9.17, 15) is 24.6 Å². The van der Waals surface area contributed by atoms with Crippen LogP contribution in [0.1, 0.15) is 107 Å². The van der Waals surface area contributed by atoms with E-state index >= 15 is 0 Å². The standard InChI is InChI=1S/C25H29NO5/c27-23(26-16-9-5-2-6-10-16)18-12-14-19(24(28)29)21-17(15-7-3-1-4-8-15)11-13-20(22(18)21)25(30)31/h11-16H,1-10H2,(H,26,27)(H,28,29)(H,30,31). The molecule has 1 amide bonds. The number of benzene rings is 2. The molecule has 0 spiro atoms. The maximum Gasteiger partial charge on any atom is 0.336 e. The smallest absolute Gasteiger partial charge is 0.336 e. The monoisotopic (exact) mass is 423 g/mol. The van der Waals surface area contributed by atoms with Crippen LogP contribution in [0.25, 0.3) is 10.8 Å². The highest BCUT2D eigenvalue weighted by Crippen LogP contribution is 2.40. The maximum absolute atomic E-state index is 13.2. The van der Waals surface area contributed by atoms with Crippen LogP contribution in [0.4, 0.5) is 0 Å². The predicted molar refractivity (Wildman–Crippen MR) is 118 cm³/mol.